The van der Waals surface area contributed by atoms with Crippen molar-refractivity contribution >= 4 is 21.4 Å². The number of para-hydroxylation sites is 1. The van der Waals surface area contributed by atoms with Gasteiger partial charge in [-0.2, -0.15) is 0 Å². The van der Waals surface area contributed by atoms with Crippen molar-refractivity contribution in [1.82, 2.24) is 0 Å². The number of aryl methyl sites for hydroxylation is 4. The van der Waals surface area contributed by atoms with Gasteiger partial charge >= 0.3 is 0 Å². The standard InChI is InChI=1S/C22H27NO3S/c1-3-16-7-5-8-17(4-2)22(16)23-21(24)13-14-27(25,26)20-12-11-18-9-6-10-19(18)15-20/h5,7-8,11-12,15H,3-4,6,9-10,13-14H2,1-2H3,(H,23,24). The van der Waals surface area contributed by atoms with Crippen molar-refractivity contribution in [3.63, 3.8) is 0 Å². The normalized spacial score (nSPS) is 13.4. The number of carbonyl (C=O) groups is 1. The molecule has 1 N–H and O–H groups in total. The number of fused-ring (bicyclic) bond motifs is 1. The van der Waals surface area contributed by atoms with Crippen LogP contribution in [0.1, 0.15) is 48.9 Å². The molecule has 4 nitrogen and oxygen atoms in total. The van der Waals surface area contributed by atoms with E-state index in [4.69, 9.17) is 0 Å². The number of hydrogen-bond acceptors (Lipinski definition) is 3. The lowest BCUT2D eigenvalue weighted by molar-refractivity contribution is -0.115. The molecule has 27 heavy (non-hydrogen) atoms. The van der Waals surface area contributed by atoms with Crippen LogP contribution in [-0.4, -0.2) is 20.1 Å². The number of benzene rings is 2. The molecule has 0 radical (unpaired) electrons. The summed E-state index contributed by atoms with van der Waals surface area (Å²) in [6.07, 6.45) is 4.63. The van der Waals surface area contributed by atoms with Crippen LogP contribution in [0, 0.1) is 0 Å². The zero-order valence-electron chi connectivity index (χ0n) is 16.0. The third-order valence-corrected chi connectivity index (χ3v) is 7.00. The topological polar surface area (TPSA) is 63.2 Å². The quantitative estimate of drug-likeness (QED) is 0.780. The Morgan fingerprint density at radius 3 is 2.33 bits per heavy atom. The SMILES string of the molecule is CCc1cccc(CC)c1NC(=O)CCS(=O)(=O)c1ccc2c(c1)CCC2. The summed E-state index contributed by atoms with van der Waals surface area (Å²) < 4.78 is 25.3. The molecule has 1 aliphatic rings. The molecule has 3 rings (SSSR count). The number of anilines is 1. The molecular formula is C22H27NO3S. The average Bonchev–Trinajstić information content (AvgIpc) is 3.14. The lowest BCUT2D eigenvalue weighted by atomic mass is 10.0. The third kappa shape index (κ3) is 4.41. The molecule has 1 amide bonds. The van der Waals surface area contributed by atoms with E-state index in [1.54, 1.807) is 12.1 Å². The van der Waals surface area contributed by atoms with Gasteiger partial charge in [0, 0.05) is 12.1 Å². The van der Waals surface area contributed by atoms with Gasteiger partial charge in [-0.3, -0.25) is 4.79 Å². The summed E-state index contributed by atoms with van der Waals surface area (Å²) in [4.78, 5) is 12.8. The van der Waals surface area contributed by atoms with Crippen molar-refractivity contribution in [3.8, 4) is 0 Å². The Kier molecular flexibility index (Phi) is 6.00. The third-order valence-electron chi connectivity index (χ3n) is 5.29. The summed E-state index contributed by atoms with van der Waals surface area (Å²) in [5.41, 5.74) is 5.36. The highest BCUT2D eigenvalue weighted by molar-refractivity contribution is 7.91. The van der Waals surface area contributed by atoms with E-state index in [2.05, 4.69) is 5.32 Å². The van der Waals surface area contributed by atoms with Crippen LogP contribution < -0.4 is 5.32 Å². The monoisotopic (exact) mass is 385 g/mol. The Hall–Kier alpha value is -2.14. The number of rotatable bonds is 7. The molecule has 2 aromatic rings. The number of hydrogen-bond donors (Lipinski definition) is 1. The molecule has 2 aromatic carbocycles. The fourth-order valence-corrected chi connectivity index (χ4v) is 4.98. The first-order chi connectivity index (χ1) is 12.9. The molecule has 0 unspecified atom stereocenters. The van der Waals surface area contributed by atoms with E-state index in [-0.39, 0.29) is 18.1 Å². The van der Waals surface area contributed by atoms with E-state index in [0.717, 1.165) is 54.5 Å². The molecule has 0 aromatic heterocycles. The van der Waals surface area contributed by atoms with Crippen molar-refractivity contribution < 1.29 is 13.2 Å². The van der Waals surface area contributed by atoms with Gasteiger partial charge in [-0.15, -0.1) is 0 Å². The van der Waals surface area contributed by atoms with E-state index < -0.39 is 9.84 Å². The second-order valence-corrected chi connectivity index (χ2v) is 9.17. The zero-order chi connectivity index (χ0) is 19.4. The maximum Gasteiger partial charge on any atom is 0.225 e. The highest BCUT2D eigenvalue weighted by atomic mass is 32.2. The largest absolute Gasteiger partial charge is 0.326 e. The number of nitrogens with one attached hydrogen (secondary N) is 1. The molecule has 0 spiro atoms. The summed E-state index contributed by atoms with van der Waals surface area (Å²) in [5, 5.41) is 2.94. The molecule has 144 valence electrons. The molecule has 0 atom stereocenters. The summed E-state index contributed by atoms with van der Waals surface area (Å²) in [6.45, 7) is 4.09. The van der Waals surface area contributed by atoms with Crippen molar-refractivity contribution in [2.45, 2.75) is 57.3 Å². The van der Waals surface area contributed by atoms with E-state index >= 15 is 0 Å². The molecular weight excluding hydrogens is 358 g/mol. The Labute approximate surface area is 161 Å². The van der Waals surface area contributed by atoms with Crippen LogP contribution in [0.4, 0.5) is 5.69 Å². The number of sulfone groups is 1. The van der Waals surface area contributed by atoms with Crippen LogP contribution >= 0.6 is 0 Å². The highest BCUT2D eigenvalue weighted by Crippen LogP contribution is 2.26. The summed E-state index contributed by atoms with van der Waals surface area (Å²) in [7, 11) is -3.46. The first-order valence-corrected chi connectivity index (χ1v) is 11.3. The van der Waals surface area contributed by atoms with Gasteiger partial charge < -0.3 is 5.32 Å². The predicted molar refractivity (Wildman–Crippen MR) is 109 cm³/mol. The van der Waals surface area contributed by atoms with Crippen molar-refractivity contribution in [1.29, 1.82) is 0 Å². The zero-order valence-corrected chi connectivity index (χ0v) is 16.9. The van der Waals surface area contributed by atoms with Crippen LogP contribution in [0.25, 0.3) is 0 Å². The first kappa shape index (κ1) is 19.6. The second-order valence-electron chi connectivity index (χ2n) is 7.06. The first-order valence-electron chi connectivity index (χ1n) is 9.69. The minimum Gasteiger partial charge on any atom is -0.326 e. The van der Waals surface area contributed by atoms with E-state index in [1.165, 1.54) is 5.56 Å². The maximum absolute atomic E-state index is 12.7. The van der Waals surface area contributed by atoms with Gasteiger partial charge in [0.15, 0.2) is 9.84 Å². The lowest BCUT2D eigenvalue weighted by Gasteiger charge is -2.14. The van der Waals surface area contributed by atoms with Gasteiger partial charge in [0.25, 0.3) is 0 Å². The van der Waals surface area contributed by atoms with Crippen molar-refractivity contribution in [2.24, 2.45) is 0 Å². The van der Waals surface area contributed by atoms with Crippen LogP contribution in [0.2, 0.25) is 0 Å². The van der Waals surface area contributed by atoms with E-state index in [9.17, 15) is 13.2 Å². The minimum atomic E-state index is -3.46. The maximum atomic E-state index is 12.7. The highest BCUT2D eigenvalue weighted by Gasteiger charge is 2.20. The van der Waals surface area contributed by atoms with Gasteiger partial charge in [0.1, 0.15) is 0 Å². The Balaban J connectivity index is 1.69. The molecule has 0 bridgehead atoms. The van der Waals surface area contributed by atoms with E-state index in [1.807, 2.05) is 38.1 Å². The van der Waals surface area contributed by atoms with Gasteiger partial charge in [-0.05, 0) is 66.5 Å². The minimum absolute atomic E-state index is 0.0411. The molecule has 0 saturated carbocycles. The van der Waals surface area contributed by atoms with Gasteiger partial charge in [0.05, 0.1) is 10.6 Å². The number of carbonyl (C=O) groups excluding carboxylic acids is 1. The predicted octanol–water partition coefficient (Wildman–Crippen LogP) is 4.10. The van der Waals surface area contributed by atoms with Crippen LogP contribution in [0.3, 0.4) is 0 Å². The summed E-state index contributed by atoms with van der Waals surface area (Å²) in [6, 6.07) is 11.4. The molecule has 1 aliphatic carbocycles. The molecule has 5 heteroatoms. The Morgan fingerprint density at radius 2 is 1.67 bits per heavy atom. The second kappa shape index (κ2) is 8.26. The summed E-state index contributed by atoms with van der Waals surface area (Å²) in [5.74, 6) is -0.428. The average molecular weight is 386 g/mol. The summed E-state index contributed by atoms with van der Waals surface area (Å²) >= 11 is 0. The van der Waals surface area contributed by atoms with Crippen LogP contribution in [0.15, 0.2) is 41.3 Å². The van der Waals surface area contributed by atoms with E-state index in [0.29, 0.717) is 4.90 Å². The van der Waals surface area contributed by atoms with Gasteiger partial charge in [0.2, 0.25) is 5.91 Å². The van der Waals surface area contributed by atoms with Crippen molar-refractivity contribution in [3.05, 3.63) is 58.7 Å². The van der Waals surface area contributed by atoms with Crippen LogP contribution in [0.5, 0.6) is 0 Å². The fraction of sp³-hybridized carbons (Fsp3) is 0.409. The van der Waals surface area contributed by atoms with Crippen molar-refractivity contribution in [2.75, 3.05) is 11.1 Å². The van der Waals surface area contributed by atoms with Crippen LogP contribution in [-0.2, 0) is 40.3 Å². The smallest absolute Gasteiger partial charge is 0.225 e. The Bertz CT molecular complexity index is 926. The fourth-order valence-electron chi connectivity index (χ4n) is 3.69. The molecule has 0 fully saturated rings. The molecule has 0 heterocycles. The number of amides is 1. The van der Waals surface area contributed by atoms with Gasteiger partial charge in [-0.25, -0.2) is 8.42 Å². The molecule has 0 aliphatic heterocycles. The van der Waals surface area contributed by atoms with Gasteiger partial charge in [-0.1, -0.05) is 38.1 Å². The Morgan fingerprint density at radius 1 is 1.00 bits per heavy atom. The lowest BCUT2D eigenvalue weighted by Crippen LogP contribution is -2.19. The molecule has 0 saturated heterocycles.